The van der Waals surface area contributed by atoms with Crippen LogP contribution in [0.1, 0.15) is 169 Å². The number of allylic oxidation sites excluding steroid dienone is 8. The maximum Gasteiger partial charge on any atom is -0.000683 e. The summed E-state index contributed by atoms with van der Waals surface area (Å²) in [5.41, 5.74) is 42.1. The highest BCUT2D eigenvalue weighted by atomic mass is 14.3. The Morgan fingerprint density at radius 2 is 0.482 bits per heavy atom. The third-order valence-corrected chi connectivity index (χ3v) is 30.5. The van der Waals surface area contributed by atoms with Crippen molar-refractivity contribution < 1.29 is 0 Å². The highest BCUT2D eigenvalue weighted by Gasteiger charge is 2.31. The van der Waals surface area contributed by atoms with E-state index in [9.17, 15) is 0 Å². The van der Waals surface area contributed by atoms with Crippen LogP contribution in [-0.2, 0) is 38.5 Å². The number of hydrogen-bond acceptors (Lipinski definition) is 0. The van der Waals surface area contributed by atoms with Crippen LogP contribution in [0.25, 0.3) is 165 Å². The highest BCUT2D eigenvalue weighted by molar-refractivity contribution is 6.25. The summed E-state index contributed by atoms with van der Waals surface area (Å²) in [5, 5.41) is 24.3. The second kappa shape index (κ2) is 36.2. The number of aryl methyl sites for hydroxylation is 5. The molecule has 7 aliphatic rings. The van der Waals surface area contributed by atoms with Gasteiger partial charge in [-0.25, -0.2) is 0 Å². The summed E-state index contributed by atoms with van der Waals surface area (Å²) in [6, 6.07) is 152. The van der Waals surface area contributed by atoms with Crippen molar-refractivity contribution in [2.75, 3.05) is 0 Å². The SMILES string of the molecule is C1=C(c2c3ccccc3c(C3=CCCc4ccccc43)c3ccccc23)CCCC1.C1=C(c2c3ccccc3c(C3=CCCc4ccccc43)c3ccccc23)c2ccccc2CC1.C1=C(c2c3ccccc3c(C3=Cc4ccccc4CC3)c3ccccc23)CCc2ccccc21.c1ccc(C2=C(c3c4ccccc4c(-c4ccc5ccccc5c4)c4ccccc34)Cc3ccccc32)cc1. The van der Waals surface area contributed by atoms with Gasteiger partial charge in [0.05, 0.1) is 0 Å². The van der Waals surface area contributed by atoms with Gasteiger partial charge in [0.2, 0.25) is 0 Å². The summed E-state index contributed by atoms with van der Waals surface area (Å²) < 4.78 is 0. The van der Waals surface area contributed by atoms with Crippen molar-refractivity contribution in [3.05, 3.63) is 548 Å². The van der Waals surface area contributed by atoms with Crippen LogP contribution in [0.4, 0.5) is 0 Å². The predicted octanol–water partition coefficient (Wildman–Crippen LogP) is 36.4. The van der Waals surface area contributed by atoms with Gasteiger partial charge in [0.25, 0.3) is 0 Å². The van der Waals surface area contributed by atoms with Gasteiger partial charge in [-0.1, -0.05) is 443 Å². The summed E-state index contributed by atoms with van der Waals surface area (Å²) in [6.07, 6.45) is 31.8. The van der Waals surface area contributed by atoms with Gasteiger partial charge in [0.15, 0.2) is 0 Å². The lowest BCUT2D eigenvalue weighted by Gasteiger charge is -2.25. The van der Waals surface area contributed by atoms with E-state index in [0.29, 0.717) is 0 Å². The Hall–Kier alpha value is -15.9. The van der Waals surface area contributed by atoms with Crippen LogP contribution in [0, 0.1) is 0 Å². The van der Waals surface area contributed by atoms with Crippen molar-refractivity contribution >= 4 is 154 Å². The highest BCUT2D eigenvalue weighted by Crippen LogP contribution is 2.54. The zero-order valence-corrected chi connectivity index (χ0v) is 77.3. The molecule has 0 saturated heterocycles. The van der Waals surface area contributed by atoms with Gasteiger partial charge in [-0.3, -0.25) is 0 Å². The van der Waals surface area contributed by atoms with E-state index in [1.54, 1.807) is 5.57 Å². The van der Waals surface area contributed by atoms with E-state index in [1.165, 1.54) is 284 Å². The van der Waals surface area contributed by atoms with Crippen LogP contribution >= 0.6 is 0 Å². The van der Waals surface area contributed by atoms with Crippen molar-refractivity contribution in [3.8, 4) is 11.1 Å². The molecule has 0 radical (unpaired) electrons. The average molecular weight is 1750 g/mol. The summed E-state index contributed by atoms with van der Waals surface area (Å²) in [7, 11) is 0. The fourth-order valence-corrected chi connectivity index (χ4v) is 24.4. The minimum Gasteiger partial charge on any atom is -0.0807 e. The molecule has 0 aliphatic heterocycles. The zero-order chi connectivity index (χ0) is 90.6. The molecule has 21 aromatic rings. The molecule has 0 heterocycles. The smallest absolute Gasteiger partial charge is 0.000683 e. The lowest BCUT2D eigenvalue weighted by atomic mass is 9.78. The Bertz CT molecular complexity index is 8240. The Labute approximate surface area is 803 Å². The molecule has 652 valence electrons. The molecule has 0 aromatic heterocycles. The van der Waals surface area contributed by atoms with Crippen LogP contribution in [0.2, 0.25) is 0 Å². The van der Waals surface area contributed by atoms with Gasteiger partial charge in [0.1, 0.15) is 0 Å². The van der Waals surface area contributed by atoms with Crippen LogP contribution in [0.15, 0.2) is 437 Å². The monoisotopic (exact) mass is 1750 g/mol. The molecule has 0 spiro atoms. The second-order valence-corrected chi connectivity index (χ2v) is 38.1. The minimum atomic E-state index is 0.934. The molecule has 0 N–H and O–H groups in total. The summed E-state index contributed by atoms with van der Waals surface area (Å²) in [6.45, 7) is 0. The van der Waals surface area contributed by atoms with E-state index in [-0.39, 0.29) is 0 Å². The molecule has 0 heteroatoms. The van der Waals surface area contributed by atoms with Crippen LogP contribution < -0.4 is 0 Å². The van der Waals surface area contributed by atoms with Crippen molar-refractivity contribution in [2.45, 2.75) is 96.3 Å². The molecule has 0 saturated carbocycles. The fraction of sp³-hybridized carbons (Fsp3) is 0.109. The molecule has 21 aromatic carbocycles. The summed E-state index contributed by atoms with van der Waals surface area (Å²) >= 11 is 0. The molecule has 0 nitrogen and oxygen atoms in total. The van der Waals surface area contributed by atoms with E-state index in [1.807, 2.05) is 0 Å². The normalized spacial score (nSPS) is 14.7. The van der Waals surface area contributed by atoms with Gasteiger partial charge >= 0.3 is 0 Å². The van der Waals surface area contributed by atoms with Gasteiger partial charge in [-0.05, 0) is 366 Å². The van der Waals surface area contributed by atoms with Crippen molar-refractivity contribution in [1.82, 2.24) is 0 Å². The Morgan fingerprint density at radius 1 is 0.168 bits per heavy atom. The maximum absolute atomic E-state index is 2.49. The molecule has 0 fully saturated rings. The number of fused-ring (bicyclic) bond motifs is 15. The van der Waals surface area contributed by atoms with E-state index in [4.69, 9.17) is 0 Å². The van der Waals surface area contributed by atoms with Crippen molar-refractivity contribution in [1.29, 1.82) is 0 Å². The Kier molecular flexibility index (Phi) is 21.9. The first-order chi connectivity index (χ1) is 68.0. The van der Waals surface area contributed by atoms with Crippen LogP contribution in [0.3, 0.4) is 0 Å². The quantitative estimate of drug-likeness (QED) is 0.126. The molecule has 137 heavy (non-hydrogen) atoms. The fourth-order valence-electron chi connectivity index (χ4n) is 24.4. The molecule has 7 aliphatic carbocycles. The zero-order valence-electron chi connectivity index (χ0n) is 77.3. The van der Waals surface area contributed by atoms with Gasteiger partial charge in [0, 0.05) is 0 Å². The lowest BCUT2D eigenvalue weighted by Crippen LogP contribution is -2.05. The predicted molar refractivity (Wildman–Crippen MR) is 589 cm³/mol. The van der Waals surface area contributed by atoms with Crippen molar-refractivity contribution in [2.24, 2.45) is 0 Å². The second-order valence-electron chi connectivity index (χ2n) is 38.1. The third kappa shape index (κ3) is 15.0. The lowest BCUT2D eigenvalue weighted by molar-refractivity contribution is 0.743. The Morgan fingerprint density at radius 3 is 0.876 bits per heavy atom. The molecular weight excluding hydrogens is 1650 g/mol. The Balaban J connectivity index is 0.0000000974. The van der Waals surface area contributed by atoms with E-state index in [2.05, 4.69) is 449 Å². The van der Waals surface area contributed by atoms with E-state index < -0.39 is 0 Å². The van der Waals surface area contributed by atoms with E-state index in [0.717, 1.165) is 70.6 Å². The van der Waals surface area contributed by atoms with Gasteiger partial charge in [-0.2, -0.15) is 0 Å². The standard InChI is InChI=1S/C39H26.2C34H26.C30H26/c1-2-13-27(14-3-1)37-31-17-7-6-16-29(31)25-36(37)39-34-20-10-8-18-32(34)38(33-19-9-11-21-35(33)39)30-23-22-26-12-4-5-15-28(26)24-30;1-3-15-25-23(11-1)13-9-21-27(25)33-29-17-5-7-19-31(29)34(32-20-8-6-18-30(32)33)28-22-10-14-24-12-2-4-16-26(24)28;1-3-11-25-21-27(19-17-23(25)9-1)33-29-13-5-7-15-31(29)34(32-16-8-6-14-30(32)33)28-20-18-24-10-2-4-12-26(24)22-28;1-2-12-22(13-3-1)29-25-16-6-8-18-27(25)30(28-19-9-7-17-26(28)29)24-20-10-14-21-11-4-5-15-23(21)24/h1-24H,25H2;1-8,11-12,15-22H,9-10,13-14H2;1-16,21-22H,17-20H2;4-9,11-12,15-20H,1-3,10,13-14H2. The van der Waals surface area contributed by atoms with E-state index >= 15 is 0 Å². The average Bonchev–Trinajstić information content (AvgIpc) is 1.63. The first-order valence-corrected chi connectivity index (χ1v) is 49.8. The molecule has 0 bridgehead atoms. The molecule has 0 amide bonds. The molecule has 0 unspecified atom stereocenters. The topological polar surface area (TPSA) is 0 Å². The molecular formula is C137H104. The number of benzene rings is 21. The summed E-state index contributed by atoms with van der Waals surface area (Å²) in [4.78, 5) is 0. The number of hydrogen-bond donors (Lipinski definition) is 0. The first-order valence-electron chi connectivity index (χ1n) is 49.8. The van der Waals surface area contributed by atoms with Gasteiger partial charge < -0.3 is 0 Å². The van der Waals surface area contributed by atoms with Crippen LogP contribution in [-0.4, -0.2) is 0 Å². The first kappa shape index (κ1) is 83.0. The molecule has 0 atom stereocenters. The minimum absolute atomic E-state index is 0.934. The maximum atomic E-state index is 2.49. The largest absolute Gasteiger partial charge is 0.0807 e. The molecule has 28 rings (SSSR count). The summed E-state index contributed by atoms with van der Waals surface area (Å²) in [5.74, 6) is 0. The third-order valence-electron chi connectivity index (χ3n) is 30.5. The van der Waals surface area contributed by atoms with Crippen LogP contribution in [0.5, 0.6) is 0 Å². The number of rotatable bonds is 9. The van der Waals surface area contributed by atoms with Gasteiger partial charge in [-0.15, -0.1) is 0 Å². The van der Waals surface area contributed by atoms with Crippen molar-refractivity contribution in [3.63, 3.8) is 0 Å².